The fourth-order valence-electron chi connectivity index (χ4n) is 3.25. The quantitative estimate of drug-likeness (QED) is 0.608. The van der Waals surface area contributed by atoms with Crippen LogP contribution >= 0.6 is 11.6 Å². The standard InChI is InChI=1S/C23H20ClN3O3/c24-17-7-6-8-18(15-17)27-14-13-26(23(27)29)16-22(28)25-20-11-4-5-12-21(20)30-19-9-2-1-3-10-19/h1-12,15H,13-14,16H2,(H,25,28). The van der Waals surface area contributed by atoms with Gasteiger partial charge in [-0.25, -0.2) is 4.79 Å². The molecule has 7 heteroatoms. The van der Waals surface area contributed by atoms with E-state index in [4.69, 9.17) is 16.3 Å². The lowest BCUT2D eigenvalue weighted by atomic mass is 10.2. The number of nitrogens with one attached hydrogen (secondary N) is 1. The molecule has 0 spiro atoms. The summed E-state index contributed by atoms with van der Waals surface area (Å²) < 4.78 is 5.87. The molecular formula is C23H20ClN3O3. The molecule has 0 unspecified atom stereocenters. The third-order valence-corrected chi connectivity index (χ3v) is 4.92. The number of amides is 3. The summed E-state index contributed by atoms with van der Waals surface area (Å²) in [5.74, 6) is 0.914. The molecular weight excluding hydrogens is 402 g/mol. The molecule has 0 radical (unpaired) electrons. The van der Waals surface area contributed by atoms with E-state index in [0.29, 0.717) is 35.3 Å². The van der Waals surface area contributed by atoms with Gasteiger partial charge in [-0.2, -0.15) is 0 Å². The Balaban J connectivity index is 1.40. The van der Waals surface area contributed by atoms with Gasteiger partial charge < -0.3 is 15.0 Å². The van der Waals surface area contributed by atoms with Crippen molar-refractivity contribution in [2.45, 2.75) is 0 Å². The SMILES string of the molecule is O=C(CN1CCN(c2cccc(Cl)c2)C1=O)Nc1ccccc1Oc1ccccc1. The fourth-order valence-corrected chi connectivity index (χ4v) is 3.43. The number of carbonyl (C=O) groups is 2. The first kappa shape index (κ1) is 19.8. The highest BCUT2D eigenvalue weighted by atomic mass is 35.5. The Morgan fingerprint density at radius 2 is 1.73 bits per heavy atom. The van der Waals surface area contributed by atoms with Gasteiger partial charge in [-0.1, -0.05) is 48.0 Å². The molecule has 152 valence electrons. The smallest absolute Gasteiger partial charge is 0.325 e. The van der Waals surface area contributed by atoms with E-state index in [1.165, 1.54) is 4.90 Å². The molecule has 6 nitrogen and oxygen atoms in total. The third-order valence-electron chi connectivity index (χ3n) is 4.68. The van der Waals surface area contributed by atoms with Crippen LogP contribution in [0.4, 0.5) is 16.2 Å². The number of ether oxygens (including phenoxy) is 1. The average molecular weight is 422 g/mol. The summed E-state index contributed by atoms with van der Waals surface area (Å²) in [6, 6.07) is 23.4. The average Bonchev–Trinajstić information content (AvgIpc) is 3.10. The predicted octanol–water partition coefficient (Wildman–Crippen LogP) is 5.01. The molecule has 3 amide bonds. The van der Waals surface area contributed by atoms with E-state index in [1.807, 2.05) is 48.5 Å². The zero-order valence-corrected chi connectivity index (χ0v) is 16.9. The summed E-state index contributed by atoms with van der Waals surface area (Å²) in [4.78, 5) is 28.5. The van der Waals surface area contributed by atoms with E-state index in [1.54, 1.807) is 35.2 Å². The maximum atomic E-state index is 12.7. The molecule has 1 N–H and O–H groups in total. The van der Waals surface area contributed by atoms with Crippen molar-refractivity contribution < 1.29 is 14.3 Å². The number of anilines is 2. The second kappa shape index (κ2) is 8.88. The van der Waals surface area contributed by atoms with Crippen LogP contribution in [0.25, 0.3) is 0 Å². The van der Waals surface area contributed by atoms with E-state index in [-0.39, 0.29) is 18.5 Å². The lowest BCUT2D eigenvalue weighted by molar-refractivity contribution is -0.116. The van der Waals surface area contributed by atoms with Crippen LogP contribution in [0.5, 0.6) is 11.5 Å². The van der Waals surface area contributed by atoms with E-state index in [2.05, 4.69) is 5.32 Å². The third kappa shape index (κ3) is 4.55. The van der Waals surface area contributed by atoms with Crippen LogP contribution in [0.2, 0.25) is 5.02 Å². The van der Waals surface area contributed by atoms with Crippen molar-refractivity contribution in [1.29, 1.82) is 0 Å². The molecule has 4 rings (SSSR count). The summed E-state index contributed by atoms with van der Waals surface area (Å²) in [7, 11) is 0. The monoisotopic (exact) mass is 421 g/mol. The summed E-state index contributed by atoms with van der Waals surface area (Å²) in [5.41, 5.74) is 1.27. The van der Waals surface area contributed by atoms with Crippen molar-refractivity contribution in [2.75, 3.05) is 29.9 Å². The Kier molecular flexibility index (Phi) is 5.86. The summed E-state index contributed by atoms with van der Waals surface area (Å²) in [6.07, 6.45) is 0. The second-order valence-corrected chi connectivity index (χ2v) is 7.23. The molecule has 1 fully saturated rings. The van der Waals surface area contributed by atoms with Crippen LogP contribution in [0.1, 0.15) is 0 Å². The van der Waals surface area contributed by atoms with Gasteiger partial charge in [0, 0.05) is 23.8 Å². The molecule has 3 aromatic carbocycles. The van der Waals surface area contributed by atoms with E-state index in [0.717, 1.165) is 5.69 Å². The van der Waals surface area contributed by atoms with Gasteiger partial charge in [0.2, 0.25) is 5.91 Å². The van der Waals surface area contributed by atoms with Crippen molar-refractivity contribution in [2.24, 2.45) is 0 Å². The highest BCUT2D eigenvalue weighted by Gasteiger charge is 2.31. The first-order valence-corrected chi connectivity index (χ1v) is 9.92. The molecule has 1 aliphatic heterocycles. The van der Waals surface area contributed by atoms with Crippen LogP contribution < -0.4 is 15.0 Å². The minimum absolute atomic E-state index is 0.0461. The number of hydrogen-bond acceptors (Lipinski definition) is 3. The lowest BCUT2D eigenvalue weighted by Crippen LogP contribution is -2.37. The van der Waals surface area contributed by atoms with Gasteiger partial charge in [0.05, 0.1) is 5.69 Å². The summed E-state index contributed by atoms with van der Waals surface area (Å²) >= 11 is 6.03. The second-order valence-electron chi connectivity index (χ2n) is 6.80. The maximum absolute atomic E-state index is 12.7. The summed E-state index contributed by atoms with van der Waals surface area (Å²) in [6.45, 7) is 0.913. The first-order valence-electron chi connectivity index (χ1n) is 9.54. The van der Waals surface area contributed by atoms with Crippen molar-refractivity contribution in [1.82, 2.24) is 4.90 Å². The molecule has 0 saturated carbocycles. The fraction of sp³-hybridized carbons (Fsp3) is 0.130. The Morgan fingerprint density at radius 3 is 2.53 bits per heavy atom. The van der Waals surface area contributed by atoms with Gasteiger partial charge in [-0.05, 0) is 42.5 Å². The van der Waals surface area contributed by atoms with Crippen LogP contribution in [0.15, 0.2) is 78.9 Å². The highest BCUT2D eigenvalue weighted by Crippen LogP contribution is 2.29. The molecule has 1 heterocycles. The van der Waals surface area contributed by atoms with Crippen molar-refractivity contribution >= 4 is 34.9 Å². The van der Waals surface area contributed by atoms with Gasteiger partial charge in [0.15, 0.2) is 5.75 Å². The predicted molar refractivity (Wildman–Crippen MR) is 117 cm³/mol. The van der Waals surface area contributed by atoms with E-state index < -0.39 is 0 Å². The zero-order valence-electron chi connectivity index (χ0n) is 16.1. The van der Waals surface area contributed by atoms with Crippen LogP contribution in [-0.2, 0) is 4.79 Å². The first-order chi connectivity index (χ1) is 14.6. The minimum atomic E-state index is -0.291. The number of carbonyl (C=O) groups excluding carboxylic acids is 2. The largest absolute Gasteiger partial charge is 0.455 e. The molecule has 1 saturated heterocycles. The Bertz CT molecular complexity index is 1060. The molecule has 0 atom stereocenters. The van der Waals surface area contributed by atoms with E-state index >= 15 is 0 Å². The number of benzene rings is 3. The zero-order chi connectivity index (χ0) is 20.9. The topological polar surface area (TPSA) is 61.9 Å². The van der Waals surface area contributed by atoms with Crippen molar-refractivity contribution in [3.8, 4) is 11.5 Å². The Morgan fingerprint density at radius 1 is 0.967 bits per heavy atom. The molecule has 0 aliphatic carbocycles. The van der Waals surface area contributed by atoms with Crippen LogP contribution in [0.3, 0.4) is 0 Å². The molecule has 0 aromatic heterocycles. The number of halogens is 1. The van der Waals surface area contributed by atoms with E-state index in [9.17, 15) is 9.59 Å². The number of urea groups is 1. The number of hydrogen-bond donors (Lipinski definition) is 1. The van der Waals surface area contributed by atoms with Crippen molar-refractivity contribution in [3.05, 3.63) is 83.9 Å². The Hall–Kier alpha value is -3.51. The molecule has 1 aliphatic rings. The highest BCUT2D eigenvalue weighted by molar-refractivity contribution is 6.30. The van der Waals surface area contributed by atoms with Crippen LogP contribution in [0, 0.1) is 0 Å². The number of rotatable bonds is 6. The van der Waals surface area contributed by atoms with Gasteiger partial charge in [0.25, 0.3) is 0 Å². The number of nitrogens with zero attached hydrogens (tertiary/aromatic N) is 2. The molecule has 3 aromatic rings. The molecule has 30 heavy (non-hydrogen) atoms. The van der Waals surface area contributed by atoms with Gasteiger partial charge in [-0.15, -0.1) is 0 Å². The minimum Gasteiger partial charge on any atom is -0.455 e. The summed E-state index contributed by atoms with van der Waals surface area (Å²) in [5, 5.41) is 3.41. The molecule has 0 bridgehead atoms. The van der Waals surface area contributed by atoms with Crippen molar-refractivity contribution in [3.63, 3.8) is 0 Å². The van der Waals surface area contributed by atoms with Gasteiger partial charge in [0.1, 0.15) is 12.3 Å². The van der Waals surface area contributed by atoms with Crippen LogP contribution in [-0.4, -0.2) is 36.5 Å². The van der Waals surface area contributed by atoms with Gasteiger partial charge >= 0.3 is 6.03 Å². The Labute approximate surface area is 179 Å². The van der Waals surface area contributed by atoms with Gasteiger partial charge in [-0.3, -0.25) is 9.69 Å². The number of para-hydroxylation sites is 3. The lowest BCUT2D eigenvalue weighted by Gasteiger charge is -2.19. The maximum Gasteiger partial charge on any atom is 0.325 e. The normalized spacial score (nSPS) is 13.4.